The molecule has 6 rings (SSSR count). The average Bonchev–Trinajstić information content (AvgIpc) is 3.11. The minimum Gasteiger partial charge on any atom is -0.508 e. The van der Waals surface area contributed by atoms with Crippen LogP contribution in [-0.2, 0) is 12.0 Å². The van der Waals surface area contributed by atoms with E-state index < -0.39 is 5.60 Å². The third kappa shape index (κ3) is 2.82. The lowest BCUT2D eigenvalue weighted by atomic mass is 9.52. The van der Waals surface area contributed by atoms with Crippen LogP contribution in [0.2, 0.25) is 0 Å². The van der Waals surface area contributed by atoms with Crippen molar-refractivity contribution < 1.29 is 10.2 Å². The molecule has 0 radical (unpaired) electrons. The first kappa shape index (κ1) is 20.1. The molecule has 0 aliphatic heterocycles. The van der Waals surface area contributed by atoms with Crippen molar-refractivity contribution in [2.75, 3.05) is 0 Å². The van der Waals surface area contributed by atoms with Gasteiger partial charge in [0, 0.05) is 5.41 Å². The van der Waals surface area contributed by atoms with Crippen LogP contribution in [0, 0.1) is 17.3 Å². The minimum atomic E-state index is -0.757. The zero-order chi connectivity index (χ0) is 21.9. The fourth-order valence-electron chi connectivity index (χ4n) is 7.63. The van der Waals surface area contributed by atoms with Gasteiger partial charge >= 0.3 is 0 Å². The molecule has 1 unspecified atom stereocenters. The monoisotopic (exact) mass is 424 g/mol. The van der Waals surface area contributed by atoms with Gasteiger partial charge in [-0.05, 0) is 96.2 Å². The van der Waals surface area contributed by atoms with Crippen LogP contribution in [0.25, 0.3) is 11.1 Å². The van der Waals surface area contributed by atoms with Crippen LogP contribution in [-0.4, -0.2) is 10.2 Å². The summed E-state index contributed by atoms with van der Waals surface area (Å²) in [4.78, 5) is 0. The summed E-state index contributed by atoms with van der Waals surface area (Å²) in [7, 11) is 0. The predicted octanol–water partition coefficient (Wildman–Crippen LogP) is 6.80. The van der Waals surface area contributed by atoms with E-state index in [1.165, 1.54) is 28.7 Å². The summed E-state index contributed by atoms with van der Waals surface area (Å²) in [5.41, 5.74) is 5.44. The van der Waals surface area contributed by atoms with Gasteiger partial charge in [0.25, 0.3) is 0 Å². The Labute approximate surface area is 190 Å². The third-order valence-electron chi connectivity index (χ3n) is 9.33. The van der Waals surface area contributed by atoms with Gasteiger partial charge in [0.05, 0.1) is 5.60 Å². The zero-order valence-electron chi connectivity index (χ0n) is 18.8. The van der Waals surface area contributed by atoms with Crippen LogP contribution in [0.4, 0.5) is 0 Å². The molecule has 0 bridgehead atoms. The summed E-state index contributed by atoms with van der Waals surface area (Å²) >= 11 is 0. The Morgan fingerprint density at radius 1 is 0.812 bits per heavy atom. The molecule has 0 aromatic heterocycles. The van der Waals surface area contributed by atoms with E-state index in [2.05, 4.69) is 61.5 Å². The van der Waals surface area contributed by atoms with Gasteiger partial charge in [-0.2, -0.15) is 0 Å². The molecule has 3 aliphatic carbocycles. The number of hydrogen-bond acceptors (Lipinski definition) is 2. The van der Waals surface area contributed by atoms with Crippen LogP contribution in [0.5, 0.6) is 5.75 Å². The maximum absolute atomic E-state index is 12.2. The lowest BCUT2D eigenvalue weighted by Crippen LogP contribution is -2.49. The highest BCUT2D eigenvalue weighted by Gasteiger charge is 2.62. The number of phenols is 1. The van der Waals surface area contributed by atoms with Crippen molar-refractivity contribution in [3.63, 3.8) is 0 Å². The summed E-state index contributed by atoms with van der Waals surface area (Å²) in [6.45, 7) is 2.36. The van der Waals surface area contributed by atoms with Crippen LogP contribution >= 0.6 is 0 Å². The fourth-order valence-corrected chi connectivity index (χ4v) is 7.63. The highest BCUT2D eigenvalue weighted by Crippen LogP contribution is 2.67. The highest BCUT2D eigenvalue weighted by atomic mass is 16.3. The van der Waals surface area contributed by atoms with Gasteiger partial charge in [-0.1, -0.05) is 67.6 Å². The second kappa shape index (κ2) is 7.22. The molecule has 32 heavy (non-hydrogen) atoms. The summed E-state index contributed by atoms with van der Waals surface area (Å²) < 4.78 is 0. The quantitative estimate of drug-likeness (QED) is 0.475. The summed E-state index contributed by atoms with van der Waals surface area (Å²) in [5.74, 6) is 2.13. The molecular formula is C30H32O2. The van der Waals surface area contributed by atoms with Crippen molar-refractivity contribution in [2.24, 2.45) is 17.3 Å². The zero-order valence-corrected chi connectivity index (χ0v) is 18.8. The number of hydrogen-bond donors (Lipinski definition) is 2. The first-order valence-electron chi connectivity index (χ1n) is 12.2. The van der Waals surface area contributed by atoms with E-state index in [1.54, 1.807) is 0 Å². The first-order chi connectivity index (χ1) is 15.5. The summed E-state index contributed by atoms with van der Waals surface area (Å²) in [6, 6.07) is 25.1. The van der Waals surface area contributed by atoms with Gasteiger partial charge < -0.3 is 10.2 Å². The molecule has 0 heterocycles. The van der Waals surface area contributed by atoms with E-state index in [0.29, 0.717) is 23.5 Å². The van der Waals surface area contributed by atoms with Crippen molar-refractivity contribution in [1.29, 1.82) is 0 Å². The Kier molecular flexibility index (Phi) is 4.52. The van der Waals surface area contributed by atoms with Crippen molar-refractivity contribution in [1.82, 2.24) is 0 Å². The Morgan fingerprint density at radius 3 is 2.34 bits per heavy atom. The second-order valence-corrected chi connectivity index (χ2v) is 10.6. The number of aryl methyl sites for hydroxylation is 1. The number of benzene rings is 3. The topological polar surface area (TPSA) is 40.5 Å². The van der Waals surface area contributed by atoms with Crippen LogP contribution in [0.15, 0.2) is 72.8 Å². The highest BCUT2D eigenvalue weighted by molar-refractivity contribution is 5.63. The Bertz CT molecular complexity index is 1140. The standard InChI is InChI=1S/C30H32O2/c1-29-17-15-26-25-14-12-24(31)19-22(25)9-13-27(26)28(29)16-18-30(29,32)23-10-7-21(8-11-23)20-5-3-2-4-6-20/h2-8,10-12,14,19,26-28,31-32H,9,13,15-18H2,1H3/t26-,27-,28+,29+,30?/m1/s1. The molecule has 0 spiro atoms. The van der Waals surface area contributed by atoms with Gasteiger partial charge in [0.15, 0.2) is 0 Å². The third-order valence-corrected chi connectivity index (χ3v) is 9.33. The maximum Gasteiger partial charge on any atom is 0.115 e. The Hall–Kier alpha value is -2.58. The van der Waals surface area contributed by atoms with Gasteiger partial charge in [0.2, 0.25) is 0 Å². The van der Waals surface area contributed by atoms with Gasteiger partial charge in [-0.3, -0.25) is 0 Å². The lowest BCUT2D eigenvalue weighted by Gasteiger charge is -2.53. The molecule has 2 N–H and O–H groups in total. The van der Waals surface area contributed by atoms with Crippen LogP contribution < -0.4 is 0 Å². The van der Waals surface area contributed by atoms with Gasteiger partial charge in [0.1, 0.15) is 5.75 Å². The smallest absolute Gasteiger partial charge is 0.115 e. The number of rotatable bonds is 2. The maximum atomic E-state index is 12.2. The molecule has 164 valence electrons. The molecular weight excluding hydrogens is 392 g/mol. The average molecular weight is 425 g/mol. The van der Waals surface area contributed by atoms with Crippen molar-refractivity contribution in [2.45, 2.75) is 57.0 Å². The molecule has 2 saturated carbocycles. The first-order valence-corrected chi connectivity index (χ1v) is 12.2. The van der Waals surface area contributed by atoms with Crippen molar-refractivity contribution in [3.8, 4) is 16.9 Å². The largest absolute Gasteiger partial charge is 0.508 e. The number of aliphatic hydroxyl groups is 1. The van der Waals surface area contributed by atoms with Crippen molar-refractivity contribution in [3.05, 3.63) is 89.5 Å². The molecule has 3 aromatic carbocycles. The van der Waals surface area contributed by atoms with E-state index in [4.69, 9.17) is 0 Å². The minimum absolute atomic E-state index is 0.0865. The van der Waals surface area contributed by atoms with Crippen LogP contribution in [0.1, 0.15) is 61.6 Å². The molecule has 3 aromatic rings. The second-order valence-electron chi connectivity index (χ2n) is 10.6. The number of phenolic OH excluding ortho intramolecular Hbond substituents is 1. The molecule has 2 nitrogen and oxygen atoms in total. The lowest BCUT2D eigenvalue weighted by molar-refractivity contribution is -0.108. The molecule has 2 fully saturated rings. The normalized spacial score (nSPS) is 33.2. The summed E-state index contributed by atoms with van der Waals surface area (Å²) in [6.07, 6.45) is 6.34. The Morgan fingerprint density at radius 2 is 1.56 bits per heavy atom. The Balaban J connectivity index is 1.31. The molecule has 3 aliphatic rings. The van der Waals surface area contributed by atoms with E-state index in [9.17, 15) is 10.2 Å². The van der Waals surface area contributed by atoms with E-state index in [1.807, 2.05) is 18.2 Å². The van der Waals surface area contributed by atoms with Crippen LogP contribution in [0.3, 0.4) is 0 Å². The molecule has 5 atom stereocenters. The number of fused-ring (bicyclic) bond motifs is 5. The molecule has 0 saturated heterocycles. The van der Waals surface area contributed by atoms with Gasteiger partial charge in [-0.25, -0.2) is 0 Å². The summed E-state index contributed by atoms with van der Waals surface area (Å²) in [5, 5.41) is 22.1. The SMILES string of the molecule is C[C@]12CC[C@@H]3c4ccc(O)cc4CC[C@H]3[C@@H]1CCC2(O)c1ccc(-c2ccccc2)cc1. The van der Waals surface area contributed by atoms with Crippen molar-refractivity contribution >= 4 is 0 Å². The molecule has 2 heteroatoms. The van der Waals surface area contributed by atoms with E-state index in [-0.39, 0.29) is 5.41 Å². The molecule has 0 amide bonds. The fraction of sp³-hybridized carbons (Fsp3) is 0.400. The predicted molar refractivity (Wildman–Crippen MR) is 128 cm³/mol. The number of aromatic hydroxyl groups is 1. The van der Waals surface area contributed by atoms with E-state index >= 15 is 0 Å². The van der Waals surface area contributed by atoms with E-state index in [0.717, 1.165) is 37.7 Å². The van der Waals surface area contributed by atoms with Gasteiger partial charge in [-0.15, -0.1) is 0 Å².